The molecule has 0 aromatic carbocycles. The number of hydrogen-bond acceptors (Lipinski definition) is 3. The van der Waals surface area contributed by atoms with Gasteiger partial charge in [0.2, 0.25) is 0 Å². The normalized spacial score (nSPS) is 12.8. The smallest absolute Gasteiger partial charge is 0.328 e. The summed E-state index contributed by atoms with van der Waals surface area (Å²) in [5.74, 6) is -0.861. The molecule has 0 aliphatic rings. The highest BCUT2D eigenvalue weighted by molar-refractivity contribution is 5.71. The number of aryl methyl sites for hydroxylation is 1. The summed E-state index contributed by atoms with van der Waals surface area (Å²) in [6.45, 7) is 9.11. The van der Waals surface area contributed by atoms with Crippen molar-refractivity contribution in [3.05, 3.63) is 17.0 Å². The minimum Gasteiger partial charge on any atom is -0.480 e. The van der Waals surface area contributed by atoms with Crippen LogP contribution in [0.25, 0.3) is 0 Å². The lowest BCUT2D eigenvalue weighted by Crippen LogP contribution is -2.18. The van der Waals surface area contributed by atoms with Gasteiger partial charge in [0.15, 0.2) is 0 Å². The van der Waals surface area contributed by atoms with E-state index >= 15 is 0 Å². The Bertz CT molecular complexity index is 385. The fourth-order valence-corrected chi connectivity index (χ4v) is 1.68. The molecule has 0 spiro atoms. The van der Waals surface area contributed by atoms with Gasteiger partial charge in [-0.25, -0.2) is 4.79 Å². The summed E-state index contributed by atoms with van der Waals surface area (Å²) in [4.78, 5) is 10.9. The summed E-state index contributed by atoms with van der Waals surface area (Å²) in [6, 6.07) is -0.617. The Kier molecular flexibility index (Phi) is 4.06. The molecular formula is C11H19N3O2. The first-order valence-corrected chi connectivity index (χ1v) is 5.47. The van der Waals surface area contributed by atoms with Gasteiger partial charge in [-0.15, -0.1) is 0 Å². The Labute approximate surface area is 95.5 Å². The zero-order valence-electron chi connectivity index (χ0n) is 10.2. The molecule has 5 heteroatoms. The van der Waals surface area contributed by atoms with Gasteiger partial charge in [0.05, 0.1) is 5.69 Å². The molecule has 90 valence electrons. The Balaban J connectivity index is 3.01. The summed E-state index contributed by atoms with van der Waals surface area (Å²) in [7, 11) is 0. The number of carboxylic acid groups (broad SMARTS) is 1. The predicted molar refractivity (Wildman–Crippen MR) is 61.4 cm³/mol. The van der Waals surface area contributed by atoms with Crippen molar-refractivity contribution in [3.63, 3.8) is 0 Å². The van der Waals surface area contributed by atoms with Crippen molar-refractivity contribution >= 4 is 5.97 Å². The maximum atomic E-state index is 10.9. The molecule has 0 aliphatic heterocycles. The van der Waals surface area contributed by atoms with E-state index < -0.39 is 12.0 Å². The minimum atomic E-state index is -0.861. The Morgan fingerprint density at radius 2 is 2.19 bits per heavy atom. The molecule has 1 heterocycles. The Hall–Kier alpha value is -1.36. The zero-order valence-corrected chi connectivity index (χ0v) is 10.2. The van der Waals surface area contributed by atoms with E-state index in [-0.39, 0.29) is 0 Å². The number of nitrogens with one attached hydrogen (secondary N) is 1. The van der Waals surface area contributed by atoms with Crippen molar-refractivity contribution in [1.82, 2.24) is 15.1 Å². The van der Waals surface area contributed by atoms with E-state index in [0.29, 0.717) is 0 Å². The van der Waals surface area contributed by atoms with Crippen LogP contribution in [0.1, 0.15) is 36.8 Å². The molecule has 0 radical (unpaired) electrons. The van der Waals surface area contributed by atoms with Gasteiger partial charge < -0.3 is 10.4 Å². The van der Waals surface area contributed by atoms with Crippen LogP contribution in [0.15, 0.2) is 0 Å². The monoisotopic (exact) mass is 225 g/mol. The fourth-order valence-electron chi connectivity index (χ4n) is 1.68. The molecule has 0 bridgehead atoms. The average Bonchev–Trinajstić information content (AvgIpc) is 2.51. The van der Waals surface area contributed by atoms with E-state index in [4.69, 9.17) is 5.11 Å². The van der Waals surface area contributed by atoms with Crippen molar-refractivity contribution in [2.75, 3.05) is 6.54 Å². The van der Waals surface area contributed by atoms with Gasteiger partial charge >= 0.3 is 5.97 Å². The third-order valence-corrected chi connectivity index (χ3v) is 2.75. The molecule has 1 unspecified atom stereocenters. The van der Waals surface area contributed by atoms with Gasteiger partial charge in [0, 0.05) is 17.8 Å². The van der Waals surface area contributed by atoms with Crippen LogP contribution >= 0.6 is 0 Å². The molecule has 0 aliphatic carbocycles. The van der Waals surface area contributed by atoms with E-state index in [1.54, 1.807) is 11.6 Å². The van der Waals surface area contributed by atoms with E-state index in [1.165, 1.54) is 0 Å². The number of rotatable bonds is 5. The van der Waals surface area contributed by atoms with Crippen molar-refractivity contribution in [2.24, 2.45) is 0 Å². The summed E-state index contributed by atoms with van der Waals surface area (Å²) in [6.07, 6.45) is 0. The third kappa shape index (κ3) is 2.41. The van der Waals surface area contributed by atoms with E-state index in [2.05, 4.69) is 10.4 Å². The number of carbonyl (C=O) groups is 1. The first kappa shape index (κ1) is 12.7. The molecular weight excluding hydrogens is 206 g/mol. The van der Waals surface area contributed by atoms with Crippen LogP contribution < -0.4 is 5.32 Å². The quantitative estimate of drug-likeness (QED) is 0.791. The molecule has 1 rings (SSSR count). The van der Waals surface area contributed by atoms with E-state index in [0.717, 1.165) is 30.0 Å². The number of hydrogen-bond donors (Lipinski definition) is 2. The molecule has 0 fully saturated rings. The van der Waals surface area contributed by atoms with Crippen LogP contribution in [-0.4, -0.2) is 27.4 Å². The third-order valence-electron chi connectivity index (χ3n) is 2.75. The lowest BCUT2D eigenvalue weighted by molar-refractivity contribution is -0.140. The summed E-state index contributed by atoms with van der Waals surface area (Å²) in [5, 5.41) is 16.5. The number of carboxylic acids is 1. The Morgan fingerprint density at radius 3 is 2.69 bits per heavy atom. The number of aliphatic carboxylic acids is 1. The first-order valence-electron chi connectivity index (χ1n) is 5.47. The minimum absolute atomic E-state index is 0.617. The van der Waals surface area contributed by atoms with Gasteiger partial charge in [-0.3, -0.25) is 4.68 Å². The fraction of sp³-hybridized carbons (Fsp3) is 0.636. The van der Waals surface area contributed by atoms with Crippen molar-refractivity contribution in [2.45, 2.75) is 40.3 Å². The van der Waals surface area contributed by atoms with Crippen LogP contribution in [0.2, 0.25) is 0 Å². The highest BCUT2D eigenvalue weighted by atomic mass is 16.4. The second-order valence-electron chi connectivity index (χ2n) is 3.89. The van der Waals surface area contributed by atoms with Crippen molar-refractivity contribution in [3.8, 4) is 0 Å². The van der Waals surface area contributed by atoms with E-state index in [9.17, 15) is 4.79 Å². The van der Waals surface area contributed by atoms with Gasteiger partial charge in [-0.05, 0) is 27.3 Å². The van der Waals surface area contributed by atoms with Gasteiger partial charge in [-0.1, -0.05) is 6.92 Å². The molecule has 16 heavy (non-hydrogen) atoms. The second kappa shape index (κ2) is 5.12. The highest BCUT2D eigenvalue weighted by Gasteiger charge is 2.19. The lowest BCUT2D eigenvalue weighted by atomic mass is 10.2. The van der Waals surface area contributed by atoms with Gasteiger partial charge in [-0.2, -0.15) is 5.10 Å². The van der Waals surface area contributed by atoms with Crippen LogP contribution in [0.4, 0.5) is 0 Å². The maximum absolute atomic E-state index is 10.9. The predicted octanol–water partition coefficient (Wildman–Crippen LogP) is 1.26. The van der Waals surface area contributed by atoms with Crippen molar-refractivity contribution < 1.29 is 9.90 Å². The first-order chi connectivity index (χ1) is 7.49. The Morgan fingerprint density at radius 1 is 1.56 bits per heavy atom. The molecule has 1 aromatic heterocycles. The number of nitrogens with zero attached hydrogens (tertiary/aromatic N) is 2. The molecule has 0 saturated carbocycles. The highest BCUT2D eigenvalue weighted by Crippen LogP contribution is 2.17. The summed E-state index contributed by atoms with van der Waals surface area (Å²) >= 11 is 0. The summed E-state index contributed by atoms with van der Waals surface area (Å²) < 4.78 is 1.57. The second-order valence-corrected chi connectivity index (χ2v) is 3.89. The number of aromatic nitrogens is 2. The molecule has 1 atom stereocenters. The topological polar surface area (TPSA) is 67.2 Å². The van der Waals surface area contributed by atoms with Crippen LogP contribution in [0.5, 0.6) is 0 Å². The SMILES string of the molecule is CCNCc1c(C)nn(C(C)C(=O)O)c1C. The molecule has 0 saturated heterocycles. The maximum Gasteiger partial charge on any atom is 0.328 e. The summed E-state index contributed by atoms with van der Waals surface area (Å²) in [5.41, 5.74) is 2.91. The molecule has 5 nitrogen and oxygen atoms in total. The molecule has 2 N–H and O–H groups in total. The standard InChI is InChI=1S/C11H19N3O2/c1-5-12-6-10-7(2)13-14(8(10)3)9(4)11(15)16/h9,12H,5-6H2,1-4H3,(H,15,16). The lowest BCUT2D eigenvalue weighted by Gasteiger charge is -2.09. The van der Waals surface area contributed by atoms with E-state index in [1.807, 2.05) is 20.8 Å². The zero-order chi connectivity index (χ0) is 12.3. The largest absolute Gasteiger partial charge is 0.480 e. The molecule has 1 aromatic rings. The van der Waals surface area contributed by atoms with Crippen molar-refractivity contribution in [1.29, 1.82) is 0 Å². The van der Waals surface area contributed by atoms with Gasteiger partial charge in [0.1, 0.15) is 6.04 Å². The van der Waals surface area contributed by atoms with Crippen LogP contribution in [-0.2, 0) is 11.3 Å². The van der Waals surface area contributed by atoms with Gasteiger partial charge in [0.25, 0.3) is 0 Å². The van der Waals surface area contributed by atoms with Crippen LogP contribution in [0, 0.1) is 13.8 Å². The molecule has 0 amide bonds. The van der Waals surface area contributed by atoms with Crippen LogP contribution in [0.3, 0.4) is 0 Å². The average molecular weight is 225 g/mol.